The lowest BCUT2D eigenvalue weighted by molar-refractivity contribution is -0.137. The molecule has 3 nitrogen and oxygen atoms in total. The van der Waals surface area contributed by atoms with Crippen molar-refractivity contribution >= 4 is 0 Å². The third-order valence-corrected chi connectivity index (χ3v) is 3.03. The van der Waals surface area contributed by atoms with Crippen LogP contribution in [0.1, 0.15) is 28.3 Å². The van der Waals surface area contributed by atoms with E-state index in [1.165, 1.54) is 6.20 Å². The van der Waals surface area contributed by atoms with E-state index in [2.05, 4.69) is 10.4 Å². The molecule has 1 unspecified atom stereocenters. The van der Waals surface area contributed by atoms with Crippen LogP contribution in [-0.4, -0.2) is 4.98 Å². The molecule has 0 saturated carbocycles. The number of hydrazine groups is 1. The van der Waals surface area contributed by atoms with Gasteiger partial charge in [-0.1, -0.05) is 6.07 Å². The lowest BCUT2D eigenvalue weighted by Crippen LogP contribution is -2.30. The first kappa shape index (κ1) is 15.4. The maximum atomic E-state index is 13.9. The normalized spacial score (nSPS) is 13.2. The lowest BCUT2D eigenvalue weighted by atomic mass is 9.97. The van der Waals surface area contributed by atoms with E-state index in [1.54, 1.807) is 19.2 Å². The fraction of sp³-hybridized carbons (Fsp3) is 0.214. The molecule has 112 valence electrons. The van der Waals surface area contributed by atoms with Gasteiger partial charge in [0, 0.05) is 18.0 Å². The Balaban J connectivity index is 2.52. The van der Waals surface area contributed by atoms with E-state index in [0.717, 1.165) is 17.7 Å². The van der Waals surface area contributed by atoms with Crippen molar-refractivity contribution in [1.29, 1.82) is 0 Å². The Kier molecular flexibility index (Phi) is 4.24. The van der Waals surface area contributed by atoms with Gasteiger partial charge < -0.3 is 0 Å². The molecule has 0 aliphatic rings. The number of nitrogens with zero attached hydrogens (tertiary/aromatic N) is 1. The summed E-state index contributed by atoms with van der Waals surface area (Å²) in [7, 11) is 0. The Morgan fingerprint density at radius 2 is 1.90 bits per heavy atom. The van der Waals surface area contributed by atoms with E-state index < -0.39 is 23.6 Å². The summed E-state index contributed by atoms with van der Waals surface area (Å²) >= 11 is 0. The second-order valence-electron chi connectivity index (χ2n) is 4.63. The first-order valence-electron chi connectivity index (χ1n) is 6.07. The van der Waals surface area contributed by atoms with E-state index in [-0.39, 0.29) is 5.56 Å². The minimum Gasteiger partial charge on any atom is -0.271 e. The van der Waals surface area contributed by atoms with Gasteiger partial charge in [0.05, 0.1) is 11.6 Å². The van der Waals surface area contributed by atoms with Gasteiger partial charge >= 0.3 is 6.18 Å². The molecule has 0 saturated heterocycles. The predicted molar refractivity (Wildman–Crippen MR) is 69.5 cm³/mol. The highest BCUT2D eigenvalue weighted by atomic mass is 19.4. The molecule has 1 atom stereocenters. The van der Waals surface area contributed by atoms with E-state index in [0.29, 0.717) is 11.6 Å². The van der Waals surface area contributed by atoms with Gasteiger partial charge in [0.15, 0.2) is 0 Å². The van der Waals surface area contributed by atoms with Crippen LogP contribution in [0.2, 0.25) is 0 Å². The highest BCUT2D eigenvalue weighted by Gasteiger charge is 2.32. The predicted octanol–water partition coefficient (Wildman–Crippen LogP) is 3.10. The smallest absolute Gasteiger partial charge is 0.271 e. The van der Waals surface area contributed by atoms with Gasteiger partial charge in [-0.2, -0.15) is 13.2 Å². The van der Waals surface area contributed by atoms with Gasteiger partial charge in [-0.05, 0) is 36.2 Å². The SMILES string of the molecule is Cc1cncc(C(NN)c2cc(C(F)(F)F)ccc2F)c1. The summed E-state index contributed by atoms with van der Waals surface area (Å²) < 4.78 is 52.1. The van der Waals surface area contributed by atoms with Crippen LogP contribution in [0.15, 0.2) is 36.7 Å². The summed E-state index contributed by atoms with van der Waals surface area (Å²) in [6.45, 7) is 1.77. The first-order chi connectivity index (χ1) is 9.82. The molecule has 0 bridgehead atoms. The van der Waals surface area contributed by atoms with Crippen LogP contribution in [-0.2, 0) is 6.18 Å². The van der Waals surface area contributed by atoms with Crippen LogP contribution in [0.4, 0.5) is 17.6 Å². The van der Waals surface area contributed by atoms with E-state index in [4.69, 9.17) is 5.84 Å². The summed E-state index contributed by atoms with van der Waals surface area (Å²) in [5, 5.41) is 0. The second kappa shape index (κ2) is 5.79. The van der Waals surface area contributed by atoms with Crippen molar-refractivity contribution < 1.29 is 17.6 Å². The Morgan fingerprint density at radius 3 is 2.48 bits per heavy atom. The quantitative estimate of drug-likeness (QED) is 0.520. The summed E-state index contributed by atoms with van der Waals surface area (Å²) in [6, 6.07) is 2.99. The maximum Gasteiger partial charge on any atom is 0.416 e. The molecule has 1 aromatic heterocycles. The molecule has 1 aromatic carbocycles. The molecule has 21 heavy (non-hydrogen) atoms. The van der Waals surface area contributed by atoms with Crippen molar-refractivity contribution in [1.82, 2.24) is 10.4 Å². The summed E-state index contributed by atoms with van der Waals surface area (Å²) in [6.07, 6.45) is -1.54. The van der Waals surface area contributed by atoms with Gasteiger partial charge in [-0.15, -0.1) is 0 Å². The Labute approximate surface area is 118 Å². The molecule has 2 rings (SSSR count). The average molecular weight is 299 g/mol. The molecule has 0 spiro atoms. The summed E-state index contributed by atoms with van der Waals surface area (Å²) in [4.78, 5) is 3.94. The van der Waals surface area contributed by atoms with Crippen LogP contribution in [0.3, 0.4) is 0 Å². The molecular formula is C14H13F4N3. The molecule has 0 radical (unpaired) electrons. The zero-order valence-electron chi connectivity index (χ0n) is 11.1. The lowest BCUT2D eigenvalue weighted by Gasteiger charge is -2.19. The molecule has 0 aliphatic heterocycles. The van der Waals surface area contributed by atoms with Crippen LogP contribution in [0, 0.1) is 12.7 Å². The second-order valence-corrected chi connectivity index (χ2v) is 4.63. The molecule has 0 fully saturated rings. The van der Waals surface area contributed by atoms with Crippen molar-refractivity contribution in [2.45, 2.75) is 19.1 Å². The number of aromatic nitrogens is 1. The van der Waals surface area contributed by atoms with Crippen molar-refractivity contribution in [2.75, 3.05) is 0 Å². The van der Waals surface area contributed by atoms with Gasteiger partial charge in [0.2, 0.25) is 0 Å². The Hall–Kier alpha value is -1.99. The van der Waals surface area contributed by atoms with E-state index in [9.17, 15) is 17.6 Å². The van der Waals surface area contributed by atoms with Crippen LogP contribution < -0.4 is 11.3 Å². The average Bonchev–Trinajstić information content (AvgIpc) is 2.40. The number of halogens is 4. The number of hydrogen-bond acceptors (Lipinski definition) is 3. The fourth-order valence-electron chi connectivity index (χ4n) is 2.04. The molecule has 0 aliphatic carbocycles. The number of aryl methyl sites for hydroxylation is 1. The number of pyridine rings is 1. The molecular weight excluding hydrogens is 286 g/mol. The molecule has 2 aromatic rings. The number of nitrogens with two attached hydrogens (primary N) is 1. The molecule has 0 amide bonds. The minimum absolute atomic E-state index is 0.181. The Morgan fingerprint density at radius 1 is 1.19 bits per heavy atom. The van der Waals surface area contributed by atoms with E-state index >= 15 is 0 Å². The number of benzene rings is 1. The van der Waals surface area contributed by atoms with Gasteiger partial charge in [0.1, 0.15) is 5.82 Å². The van der Waals surface area contributed by atoms with Gasteiger partial charge in [0.25, 0.3) is 0 Å². The third-order valence-electron chi connectivity index (χ3n) is 3.03. The van der Waals surface area contributed by atoms with Crippen LogP contribution in [0.25, 0.3) is 0 Å². The maximum absolute atomic E-state index is 13.9. The highest BCUT2D eigenvalue weighted by Crippen LogP contribution is 2.33. The van der Waals surface area contributed by atoms with Gasteiger partial charge in [-0.3, -0.25) is 10.8 Å². The Bertz CT molecular complexity index is 640. The minimum atomic E-state index is -4.55. The molecule has 1 heterocycles. The van der Waals surface area contributed by atoms with Crippen LogP contribution >= 0.6 is 0 Å². The van der Waals surface area contributed by atoms with Crippen LogP contribution in [0.5, 0.6) is 0 Å². The van der Waals surface area contributed by atoms with Crippen molar-refractivity contribution in [3.8, 4) is 0 Å². The first-order valence-corrected chi connectivity index (χ1v) is 6.07. The zero-order chi connectivity index (χ0) is 15.6. The molecule has 3 N–H and O–H groups in total. The topological polar surface area (TPSA) is 50.9 Å². The third kappa shape index (κ3) is 3.37. The van der Waals surface area contributed by atoms with E-state index in [1.807, 2.05) is 0 Å². The summed E-state index contributed by atoms with van der Waals surface area (Å²) in [5.74, 6) is 4.62. The van der Waals surface area contributed by atoms with Crippen molar-refractivity contribution in [3.63, 3.8) is 0 Å². The zero-order valence-corrected chi connectivity index (χ0v) is 11.1. The fourth-order valence-corrected chi connectivity index (χ4v) is 2.04. The van der Waals surface area contributed by atoms with Gasteiger partial charge in [-0.25, -0.2) is 9.82 Å². The van der Waals surface area contributed by atoms with Crippen molar-refractivity contribution in [2.24, 2.45) is 5.84 Å². The monoisotopic (exact) mass is 299 g/mol. The molecule has 7 heteroatoms. The number of nitrogens with one attached hydrogen (secondary N) is 1. The number of hydrogen-bond donors (Lipinski definition) is 2. The standard InChI is InChI=1S/C14H13F4N3/c1-8-4-9(7-20-6-8)13(21-19)11-5-10(14(16,17)18)2-3-12(11)15/h2-7,13,21H,19H2,1H3. The number of alkyl halides is 3. The number of rotatable bonds is 3. The summed E-state index contributed by atoms with van der Waals surface area (Å²) in [5.41, 5.74) is 2.50. The van der Waals surface area contributed by atoms with Crippen molar-refractivity contribution in [3.05, 3.63) is 64.7 Å². The largest absolute Gasteiger partial charge is 0.416 e. The highest BCUT2D eigenvalue weighted by molar-refractivity contribution is 5.36.